The molecule has 1 unspecified atom stereocenters. The molecular weight excluding hydrogens is 172 g/mol. The molecule has 1 rings (SSSR count). The molecule has 0 aliphatic carbocycles. The van der Waals surface area contributed by atoms with Crippen molar-refractivity contribution in [1.82, 2.24) is 9.78 Å². The van der Waals surface area contributed by atoms with E-state index in [0.717, 1.165) is 0 Å². The van der Waals surface area contributed by atoms with Crippen molar-refractivity contribution in [3.63, 3.8) is 0 Å². The van der Waals surface area contributed by atoms with Gasteiger partial charge in [-0.25, -0.2) is 0 Å². The molecule has 0 bridgehead atoms. The lowest BCUT2D eigenvalue weighted by Crippen LogP contribution is -1.98. The summed E-state index contributed by atoms with van der Waals surface area (Å²) in [5, 5.41) is 4.46. The molecule has 0 saturated carbocycles. The Morgan fingerprint density at radius 1 is 1.36 bits per heavy atom. The number of rotatable bonds is 4. The third-order valence-electron chi connectivity index (χ3n) is 3.05. The van der Waals surface area contributed by atoms with Gasteiger partial charge < -0.3 is 0 Å². The highest BCUT2D eigenvalue weighted by Gasteiger charge is 2.15. The molecule has 2 nitrogen and oxygen atoms in total. The maximum atomic E-state index is 4.46. The largest absolute Gasteiger partial charge is 0.272 e. The first-order valence-electron chi connectivity index (χ1n) is 5.58. The van der Waals surface area contributed by atoms with E-state index in [1.165, 1.54) is 36.2 Å². The van der Waals surface area contributed by atoms with Crippen molar-refractivity contribution in [3.05, 3.63) is 17.0 Å². The van der Waals surface area contributed by atoms with E-state index in [2.05, 4.69) is 32.8 Å². The molecular formula is C12H22N2. The second-order valence-electron chi connectivity index (χ2n) is 4.25. The van der Waals surface area contributed by atoms with Gasteiger partial charge in [0.2, 0.25) is 0 Å². The monoisotopic (exact) mass is 194 g/mol. The number of hydrogen-bond donors (Lipinski definition) is 0. The Hall–Kier alpha value is -0.790. The lowest BCUT2D eigenvalue weighted by molar-refractivity contribution is 0.618. The minimum atomic E-state index is 0.656. The van der Waals surface area contributed by atoms with Gasteiger partial charge in [0.25, 0.3) is 0 Å². The summed E-state index contributed by atoms with van der Waals surface area (Å²) in [5.41, 5.74) is 3.99. The van der Waals surface area contributed by atoms with Gasteiger partial charge in [0.1, 0.15) is 0 Å². The van der Waals surface area contributed by atoms with Crippen LogP contribution in [-0.2, 0) is 7.05 Å². The van der Waals surface area contributed by atoms with Crippen molar-refractivity contribution in [3.8, 4) is 0 Å². The van der Waals surface area contributed by atoms with Crippen molar-refractivity contribution < 1.29 is 0 Å². The minimum absolute atomic E-state index is 0.656. The van der Waals surface area contributed by atoms with Crippen LogP contribution in [0.5, 0.6) is 0 Å². The normalized spacial score (nSPS) is 13.2. The zero-order chi connectivity index (χ0) is 10.7. The van der Waals surface area contributed by atoms with Crippen LogP contribution in [0, 0.1) is 13.8 Å². The van der Waals surface area contributed by atoms with Crippen LogP contribution < -0.4 is 0 Å². The molecule has 1 atom stereocenters. The summed E-state index contributed by atoms with van der Waals surface area (Å²) in [5.74, 6) is 0.656. The molecule has 80 valence electrons. The SMILES string of the molecule is CCCCC(C)c1c(C)nn(C)c1C. The van der Waals surface area contributed by atoms with E-state index in [9.17, 15) is 0 Å². The Bertz CT molecular complexity index is 300. The van der Waals surface area contributed by atoms with E-state index in [-0.39, 0.29) is 0 Å². The Morgan fingerprint density at radius 3 is 2.43 bits per heavy atom. The Labute approximate surface area is 87.3 Å². The number of aryl methyl sites for hydroxylation is 2. The second-order valence-corrected chi connectivity index (χ2v) is 4.25. The summed E-state index contributed by atoms with van der Waals surface area (Å²) in [6.07, 6.45) is 3.88. The first-order valence-corrected chi connectivity index (χ1v) is 5.58. The second kappa shape index (κ2) is 4.63. The molecule has 0 saturated heterocycles. The van der Waals surface area contributed by atoms with Gasteiger partial charge in [-0.15, -0.1) is 0 Å². The first-order chi connectivity index (χ1) is 6.57. The van der Waals surface area contributed by atoms with Gasteiger partial charge >= 0.3 is 0 Å². The van der Waals surface area contributed by atoms with Crippen LogP contribution >= 0.6 is 0 Å². The van der Waals surface area contributed by atoms with E-state index in [1.807, 2.05) is 11.7 Å². The zero-order valence-electron chi connectivity index (χ0n) is 10.1. The Balaban J connectivity index is 2.83. The van der Waals surface area contributed by atoms with Crippen LogP contribution in [-0.4, -0.2) is 9.78 Å². The highest BCUT2D eigenvalue weighted by Crippen LogP contribution is 2.26. The van der Waals surface area contributed by atoms with E-state index < -0.39 is 0 Å². The predicted molar refractivity (Wildman–Crippen MR) is 60.6 cm³/mol. The molecule has 0 aliphatic rings. The quantitative estimate of drug-likeness (QED) is 0.719. The van der Waals surface area contributed by atoms with Crippen LogP contribution in [0.15, 0.2) is 0 Å². The number of unbranched alkanes of at least 4 members (excludes halogenated alkanes) is 1. The van der Waals surface area contributed by atoms with Gasteiger partial charge in [-0.2, -0.15) is 5.10 Å². The molecule has 0 aromatic carbocycles. The lowest BCUT2D eigenvalue weighted by Gasteiger charge is -2.11. The molecule has 14 heavy (non-hydrogen) atoms. The van der Waals surface area contributed by atoms with Gasteiger partial charge in [-0.3, -0.25) is 4.68 Å². The highest BCUT2D eigenvalue weighted by molar-refractivity contribution is 5.27. The summed E-state index contributed by atoms with van der Waals surface area (Å²) in [6, 6.07) is 0. The fourth-order valence-electron chi connectivity index (χ4n) is 2.16. The number of nitrogens with zero attached hydrogens (tertiary/aromatic N) is 2. The van der Waals surface area contributed by atoms with Crippen LogP contribution in [0.3, 0.4) is 0 Å². The van der Waals surface area contributed by atoms with Crippen LogP contribution in [0.4, 0.5) is 0 Å². The first kappa shape index (κ1) is 11.3. The van der Waals surface area contributed by atoms with Crippen molar-refractivity contribution >= 4 is 0 Å². The average Bonchev–Trinajstić information content (AvgIpc) is 2.38. The van der Waals surface area contributed by atoms with Gasteiger partial charge in [-0.1, -0.05) is 26.7 Å². The molecule has 0 fully saturated rings. The summed E-state index contributed by atoms with van der Waals surface area (Å²) in [6.45, 7) is 8.84. The molecule has 0 radical (unpaired) electrons. The topological polar surface area (TPSA) is 17.8 Å². The molecule has 2 heteroatoms. The minimum Gasteiger partial charge on any atom is -0.272 e. The average molecular weight is 194 g/mol. The number of aromatic nitrogens is 2. The lowest BCUT2D eigenvalue weighted by atomic mass is 9.94. The van der Waals surface area contributed by atoms with Crippen LogP contribution in [0.2, 0.25) is 0 Å². The van der Waals surface area contributed by atoms with Gasteiger partial charge in [0.15, 0.2) is 0 Å². The molecule has 0 spiro atoms. The van der Waals surface area contributed by atoms with Crippen molar-refractivity contribution in [2.24, 2.45) is 7.05 Å². The molecule has 0 aliphatic heterocycles. The van der Waals surface area contributed by atoms with Crippen molar-refractivity contribution in [1.29, 1.82) is 0 Å². The predicted octanol–water partition coefficient (Wildman–Crippen LogP) is 3.33. The molecule has 0 N–H and O–H groups in total. The summed E-state index contributed by atoms with van der Waals surface area (Å²) in [7, 11) is 2.03. The van der Waals surface area contributed by atoms with Crippen molar-refractivity contribution in [2.45, 2.75) is 52.9 Å². The summed E-state index contributed by atoms with van der Waals surface area (Å²) in [4.78, 5) is 0. The fraction of sp³-hybridized carbons (Fsp3) is 0.750. The van der Waals surface area contributed by atoms with Gasteiger partial charge in [-0.05, 0) is 31.7 Å². The summed E-state index contributed by atoms with van der Waals surface area (Å²) < 4.78 is 1.99. The third-order valence-corrected chi connectivity index (χ3v) is 3.05. The van der Waals surface area contributed by atoms with E-state index in [4.69, 9.17) is 0 Å². The maximum Gasteiger partial charge on any atom is 0.0631 e. The maximum absolute atomic E-state index is 4.46. The zero-order valence-corrected chi connectivity index (χ0v) is 10.1. The number of hydrogen-bond acceptors (Lipinski definition) is 1. The van der Waals surface area contributed by atoms with E-state index in [0.29, 0.717) is 5.92 Å². The van der Waals surface area contributed by atoms with Crippen molar-refractivity contribution in [2.75, 3.05) is 0 Å². The smallest absolute Gasteiger partial charge is 0.0631 e. The van der Waals surface area contributed by atoms with Gasteiger partial charge in [0, 0.05) is 12.7 Å². The van der Waals surface area contributed by atoms with E-state index >= 15 is 0 Å². The Kier molecular flexibility index (Phi) is 3.73. The fourth-order valence-corrected chi connectivity index (χ4v) is 2.16. The Morgan fingerprint density at radius 2 is 2.00 bits per heavy atom. The molecule has 1 heterocycles. The van der Waals surface area contributed by atoms with Crippen LogP contribution in [0.1, 0.15) is 56.0 Å². The van der Waals surface area contributed by atoms with Gasteiger partial charge in [0.05, 0.1) is 5.69 Å². The standard InChI is InChI=1S/C12H22N2/c1-6-7-8-9(2)12-10(3)13-14(5)11(12)4/h9H,6-8H2,1-5H3. The van der Waals surface area contributed by atoms with Crippen LogP contribution in [0.25, 0.3) is 0 Å². The molecule has 1 aromatic rings. The highest BCUT2D eigenvalue weighted by atomic mass is 15.3. The summed E-state index contributed by atoms with van der Waals surface area (Å²) >= 11 is 0. The molecule has 1 aromatic heterocycles. The molecule has 0 amide bonds. The van der Waals surface area contributed by atoms with E-state index in [1.54, 1.807) is 0 Å². The third kappa shape index (κ3) is 2.17.